The molecule has 0 bridgehead atoms. The van der Waals surface area contributed by atoms with Gasteiger partial charge >= 0.3 is 6.03 Å². The normalized spacial score (nSPS) is 11.1. The van der Waals surface area contributed by atoms with E-state index in [1.807, 2.05) is 61.5 Å². The molecule has 1 heterocycles. The van der Waals surface area contributed by atoms with Gasteiger partial charge in [0.05, 0.1) is 38.2 Å². The van der Waals surface area contributed by atoms with Gasteiger partial charge in [0.2, 0.25) is 0 Å². The van der Waals surface area contributed by atoms with Crippen LogP contribution in [0.15, 0.2) is 59.4 Å². The Morgan fingerprint density at radius 3 is 2.52 bits per heavy atom. The second kappa shape index (κ2) is 10.8. The smallest absolute Gasteiger partial charge is 0.318 e. The summed E-state index contributed by atoms with van der Waals surface area (Å²) < 4.78 is 0. The van der Waals surface area contributed by atoms with Gasteiger partial charge in [-0.3, -0.25) is 4.79 Å². The first kappa shape index (κ1) is 22.6. The van der Waals surface area contributed by atoms with Crippen molar-refractivity contribution in [1.82, 2.24) is 15.2 Å². The fraction of sp³-hybridized carbons (Fsp3) is 0.360. The van der Waals surface area contributed by atoms with Crippen molar-refractivity contribution < 1.29 is 9.69 Å². The maximum absolute atomic E-state index is 13.0. The van der Waals surface area contributed by atoms with Gasteiger partial charge in [0.25, 0.3) is 5.56 Å². The summed E-state index contributed by atoms with van der Waals surface area (Å²) in [5.41, 5.74) is 3.39. The Morgan fingerprint density at radius 2 is 1.81 bits per heavy atom. The second-order valence-corrected chi connectivity index (χ2v) is 7.94. The Balaban J connectivity index is 1.80. The molecule has 2 aromatic carbocycles. The van der Waals surface area contributed by atoms with Crippen molar-refractivity contribution in [3.8, 4) is 0 Å². The lowest BCUT2D eigenvalue weighted by atomic mass is 10.1. The van der Waals surface area contributed by atoms with E-state index in [0.29, 0.717) is 18.7 Å². The van der Waals surface area contributed by atoms with Gasteiger partial charge in [-0.15, -0.1) is 0 Å². The number of H-pyrrole nitrogens is 1. The zero-order chi connectivity index (χ0) is 22.2. The number of aryl methyl sites for hydroxylation is 1. The molecule has 1 aromatic heterocycles. The quantitative estimate of drug-likeness (QED) is 0.497. The van der Waals surface area contributed by atoms with Crippen LogP contribution >= 0.6 is 0 Å². The van der Waals surface area contributed by atoms with E-state index in [1.165, 1.54) is 4.90 Å². The average Bonchev–Trinajstić information content (AvgIpc) is 2.79. The Bertz CT molecular complexity index is 1060. The van der Waals surface area contributed by atoms with Crippen LogP contribution in [0.3, 0.4) is 0 Å². The maximum atomic E-state index is 13.0. The molecule has 0 spiro atoms. The number of carbonyl (C=O) groups excluding carboxylic acids is 1. The molecule has 3 aromatic rings. The van der Waals surface area contributed by atoms with E-state index in [4.69, 9.17) is 0 Å². The largest absolute Gasteiger partial charge is 0.334 e. The zero-order valence-electron chi connectivity index (χ0n) is 18.7. The monoisotopic (exact) mass is 421 g/mol. The van der Waals surface area contributed by atoms with Crippen molar-refractivity contribution in [2.45, 2.75) is 33.9 Å². The van der Waals surface area contributed by atoms with E-state index < -0.39 is 0 Å². The number of benzene rings is 2. The van der Waals surface area contributed by atoms with Gasteiger partial charge in [-0.25, -0.2) is 4.79 Å². The van der Waals surface area contributed by atoms with Crippen molar-refractivity contribution in [1.29, 1.82) is 0 Å². The van der Waals surface area contributed by atoms with Crippen LogP contribution in [0.25, 0.3) is 10.9 Å². The summed E-state index contributed by atoms with van der Waals surface area (Å²) >= 11 is 0. The van der Waals surface area contributed by atoms with Crippen LogP contribution in [-0.4, -0.2) is 42.1 Å². The molecule has 164 valence electrons. The van der Waals surface area contributed by atoms with E-state index in [1.54, 1.807) is 4.90 Å². The highest BCUT2D eigenvalue weighted by Gasteiger charge is 2.18. The predicted octanol–water partition coefficient (Wildman–Crippen LogP) is 2.47. The number of rotatable bonds is 9. The molecule has 0 saturated heterocycles. The summed E-state index contributed by atoms with van der Waals surface area (Å²) in [4.78, 5) is 32.0. The minimum Gasteiger partial charge on any atom is -0.334 e. The molecule has 0 aliphatic carbocycles. The van der Waals surface area contributed by atoms with Gasteiger partial charge in [-0.1, -0.05) is 48.5 Å². The number of nitrogens with one attached hydrogen (secondary N) is 3. The number of hydrogen-bond donors (Lipinski definition) is 3. The van der Waals surface area contributed by atoms with Gasteiger partial charge in [0.15, 0.2) is 0 Å². The van der Waals surface area contributed by atoms with Gasteiger partial charge in [0, 0.05) is 12.1 Å². The molecule has 0 radical (unpaired) electrons. The highest BCUT2D eigenvalue weighted by molar-refractivity contribution is 5.82. The predicted molar refractivity (Wildman–Crippen MR) is 125 cm³/mol. The summed E-state index contributed by atoms with van der Waals surface area (Å²) in [6.45, 7) is 10.5. The first-order valence-corrected chi connectivity index (χ1v) is 11.0. The number of para-hydroxylation sites is 1. The fourth-order valence-electron chi connectivity index (χ4n) is 3.79. The minimum absolute atomic E-state index is 0.141. The number of hydrogen-bond acceptors (Lipinski definition) is 2. The van der Waals surface area contributed by atoms with Crippen molar-refractivity contribution in [3.05, 3.63) is 81.6 Å². The third-order valence-electron chi connectivity index (χ3n) is 5.84. The number of urea groups is 1. The lowest BCUT2D eigenvalue weighted by Crippen LogP contribution is -3.12. The van der Waals surface area contributed by atoms with Gasteiger partial charge in [0.1, 0.15) is 0 Å². The van der Waals surface area contributed by atoms with Crippen LogP contribution in [0, 0.1) is 6.92 Å². The van der Waals surface area contributed by atoms with Crippen LogP contribution in [0.2, 0.25) is 0 Å². The molecule has 2 amide bonds. The maximum Gasteiger partial charge on any atom is 0.318 e. The molecule has 6 nitrogen and oxygen atoms in total. The standard InChI is InChI=1S/C25H32N4O2/c1-4-28(5-2)14-15-29(25(31)26-17-20-11-7-6-8-12-20)18-22-16-21-13-9-10-19(3)23(21)27-24(22)30/h6-13,16H,4-5,14-15,17-18H2,1-3H3,(H,26,31)(H,27,30)/p+1. The molecular weight excluding hydrogens is 388 g/mol. The first-order chi connectivity index (χ1) is 15.0. The Kier molecular flexibility index (Phi) is 7.84. The molecule has 0 unspecified atom stereocenters. The number of carbonyl (C=O) groups is 1. The van der Waals surface area contributed by atoms with Crippen LogP contribution in [0.4, 0.5) is 4.79 Å². The molecule has 6 heteroatoms. The molecule has 0 atom stereocenters. The lowest BCUT2D eigenvalue weighted by Gasteiger charge is -2.25. The highest BCUT2D eigenvalue weighted by atomic mass is 16.2. The minimum atomic E-state index is -0.154. The fourth-order valence-corrected chi connectivity index (χ4v) is 3.79. The number of amides is 2. The zero-order valence-corrected chi connectivity index (χ0v) is 18.7. The average molecular weight is 422 g/mol. The van der Waals surface area contributed by atoms with Crippen molar-refractivity contribution in [2.24, 2.45) is 0 Å². The topological polar surface area (TPSA) is 69.6 Å². The summed E-state index contributed by atoms with van der Waals surface area (Å²) in [7, 11) is 0. The number of likely N-dealkylation sites (N-methyl/N-ethyl adjacent to an activating group) is 1. The Morgan fingerprint density at radius 1 is 1.06 bits per heavy atom. The highest BCUT2D eigenvalue weighted by Crippen LogP contribution is 2.15. The third-order valence-corrected chi connectivity index (χ3v) is 5.84. The Hall–Kier alpha value is -3.12. The molecule has 3 rings (SSSR count). The van der Waals surface area contributed by atoms with E-state index in [-0.39, 0.29) is 18.1 Å². The second-order valence-electron chi connectivity index (χ2n) is 7.94. The van der Waals surface area contributed by atoms with Gasteiger partial charge in [-0.2, -0.15) is 0 Å². The van der Waals surface area contributed by atoms with Crippen molar-refractivity contribution in [2.75, 3.05) is 26.2 Å². The number of fused-ring (bicyclic) bond motifs is 1. The van der Waals surface area contributed by atoms with Crippen molar-refractivity contribution >= 4 is 16.9 Å². The molecule has 0 saturated carbocycles. The number of quaternary nitrogens is 1. The van der Waals surface area contributed by atoms with Crippen molar-refractivity contribution in [3.63, 3.8) is 0 Å². The SMILES string of the molecule is CC[NH+](CC)CCN(Cc1cc2cccc(C)c2[nH]c1=O)C(=O)NCc1ccccc1. The van der Waals surface area contributed by atoms with Crippen LogP contribution in [0.5, 0.6) is 0 Å². The van der Waals surface area contributed by atoms with E-state index in [2.05, 4.69) is 24.1 Å². The summed E-state index contributed by atoms with van der Waals surface area (Å²) in [6.07, 6.45) is 0. The summed E-state index contributed by atoms with van der Waals surface area (Å²) in [5, 5.41) is 3.99. The summed E-state index contributed by atoms with van der Waals surface area (Å²) in [5.74, 6) is 0. The third kappa shape index (κ3) is 5.95. The summed E-state index contributed by atoms with van der Waals surface area (Å²) in [6, 6.07) is 17.5. The molecule has 0 aliphatic heterocycles. The number of pyridine rings is 1. The molecule has 31 heavy (non-hydrogen) atoms. The first-order valence-electron chi connectivity index (χ1n) is 11.0. The van der Waals surface area contributed by atoms with Gasteiger partial charge < -0.3 is 20.1 Å². The lowest BCUT2D eigenvalue weighted by molar-refractivity contribution is -0.895. The molecular formula is C25H33N4O2+. The number of aromatic nitrogens is 1. The van der Waals surface area contributed by atoms with E-state index in [9.17, 15) is 9.59 Å². The van der Waals surface area contributed by atoms with Crippen LogP contribution in [0.1, 0.15) is 30.5 Å². The number of aromatic amines is 1. The van der Waals surface area contributed by atoms with Gasteiger partial charge in [-0.05, 0) is 43.4 Å². The Labute approximate surface area is 183 Å². The van der Waals surface area contributed by atoms with Crippen LogP contribution < -0.4 is 15.8 Å². The van der Waals surface area contributed by atoms with Crippen LogP contribution in [-0.2, 0) is 13.1 Å². The molecule has 3 N–H and O–H groups in total. The molecule has 0 fully saturated rings. The number of nitrogens with zero attached hydrogens (tertiary/aromatic N) is 1. The van der Waals surface area contributed by atoms with E-state index >= 15 is 0 Å². The van der Waals surface area contributed by atoms with E-state index in [0.717, 1.165) is 41.7 Å². The molecule has 0 aliphatic rings.